The first-order valence-corrected chi connectivity index (χ1v) is 10.5. The lowest BCUT2D eigenvalue weighted by Gasteiger charge is -2.30. The molecule has 2 rings (SSSR count). The van der Waals surface area contributed by atoms with Crippen LogP contribution in [0.4, 0.5) is 11.4 Å². The quantitative estimate of drug-likeness (QED) is 0.146. The molecule has 2 aromatic rings. The molecule has 0 saturated heterocycles. The first-order valence-electron chi connectivity index (χ1n) is 10.5. The minimum Gasteiger partial charge on any atom is -0.461 e. The second-order valence-electron chi connectivity index (χ2n) is 8.13. The first-order chi connectivity index (χ1) is 16.6. The van der Waals surface area contributed by atoms with Crippen LogP contribution in [0.1, 0.15) is 47.4 Å². The second kappa shape index (κ2) is 12.1. The van der Waals surface area contributed by atoms with Crippen LogP contribution < -0.4 is 0 Å². The fraction of sp³-hybridized carbons (Fsp3) is 0.280. The molecule has 10 nitrogen and oxygen atoms in total. The Labute approximate surface area is 201 Å². The lowest BCUT2D eigenvalue weighted by molar-refractivity contribution is -0.385. The number of nitrogens with zero attached hydrogens (tertiary/aromatic N) is 2. The zero-order valence-electron chi connectivity index (χ0n) is 19.3. The largest absolute Gasteiger partial charge is 0.461 e. The van der Waals surface area contributed by atoms with E-state index in [1.807, 2.05) is 19.9 Å². The number of terminal acetylenes is 1. The molecule has 10 heteroatoms. The molecule has 0 aliphatic heterocycles. The van der Waals surface area contributed by atoms with Crippen molar-refractivity contribution < 1.29 is 28.9 Å². The van der Waals surface area contributed by atoms with Crippen LogP contribution in [0.15, 0.2) is 60.2 Å². The maximum Gasteiger partial charge on any atom is 0.338 e. The van der Waals surface area contributed by atoms with Crippen molar-refractivity contribution in [3.63, 3.8) is 0 Å². The number of nitro benzene ring substituents is 2. The summed E-state index contributed by atoms with van der Waals surface area (Å²) >= 11 is 0. The van der Waals surface area contributed by atoms with Crippen LogP contribution in [0.25, 0.3) is 0 Å². The molecular weight excluding hydrogens is 456 g/mol. The minimum atomic E-state index is -0.932. The van der Waals surface area contributed by atoms with Gasteiger partial charge in [0.15, 0.2) is 0 Å². The summed E-state index contributed by atoms with van der Waals surface area (Å²) in [6.07, 6.45) is 7.92. The topological polar surface area (TPSA) is 139 Å². The molecule has 0 heterocycles. The Morgan fingerprint density at radius 3 is 1.60 bits per heavy atom. The van der Waals surface area contributed by atoms with Gasteiger partial charge in [-0.25, -0.2) is 9.59 Å². The van der Waals surface area contributed by atoms with Gasteiger partial charge in [-0.1, -0.05) is 11.6 Å². The molecule has 0 saturated carbocycles. The highest BCUT2D eigenvalue weighted by atomic mass is 16.6. The molecule has 0 radical (unpaired) electrons. The summed E-state index contributed by atoms with van der Waals surface area (Å²) < 4.78 is 10.9. The van der Waals surface area contributed by atoms with Crippen LogP contribution in [-0.2, 0) is 9.47 Å². The van der Waals surface area contributed by atoms with E-state index in [2.05, 4.69) is 5.92 Å². The van der Waals surface area contributed by atoms with Gasteiger partial charge < -0.3 is 9.47 Å². The van der Waals surface area contributed by atoms with Crippen molar-refractivity contribution >= 4 is 23.3 Å². The fourth-order valence-electron chi connectivity index (χ4n) is 3.01. The molecule has 0 aliphatic carbocycles. The Hall–Kier alpha value is -4.52. The summed E-state index contributed by atoms with van der Waals surface area (Å²) in [6, 6.07) is 9.92. The minimum absolute atomic E-state index is 0.121. The average Bonchev–Trinajstić information content (AvgIpc) is 2.84. The van der Waals surface area contributed by atoms with E-state index in [0.29, 0.717) is 6.42 Å². The molecule has 0 unspecified atom stereocenters. The number of allylic oxidation sites excluding steroid dienone is 2. The van der Waals surface area contributed by atoms with E-state index in [4.69, 9.17) is 15.9 Å². The maximum absolute atomic E-state index is 12.5. The summed E-state index contributed by atoms with van der Waals surface area (Å²) in [5.41, 5.74) is -0.0333. The standard InChI is InChI=1S/C25H24N2O8/c1-4-14-25(15-13-18(2)3,16-34-23(28)19-5-9-21(10-6-19)26(30)31)17-35-24(29)20-7-11-22(12-8-20)27(32)33/h1,5-13H,14-17H2,2-3H3. The monoisotopic (exact) mass is 480 g/mol. The third kappa shape index (κ3) is 7.78. The van der Waals surface area contributed by atoms with Gasteiger partial charge >= 0.3 is 11.9 Å². The number of esters is 2. The Balaban J connectivity index is 2.17. The van der Waals surface area contributed by atoms with E-state index in [9.17, 15) is 29.8 Å². The number of rotatable bonds is 11. The van der Waals surface area contributed by atoms with Crippen LogP contribution in [0.5, 0.6) is 0 Å². The van der Waals surface area contributed by atoms with Crippen LogP contribution >= 0.6 is 0 Å². The normalized spacial score (nSPS) is 10.5. The SMILES string of the molecule is C#CCC(CC=C(C)C)(COC(=O)c1ccc([N+](=O)[O-])cc1)COC(=O)c1ccc([N+](=O)[O-])cc1. The molecule has 0 aromatic heterocycles. The van der Waals surface area contributed by atoms with E-state index in [1.54, 1.807) is 0 Å². The van der Waals surface area contributed by atoms with E-state index in [-0.39, 0.29) is 42.1 Å². The lowest BCUT2D eigenvalue weighted by Crippen LogP contribution is -2.34. The Bertz CT molecular complexity index is 1080. The summed E-state index contributed by atoms with van der Waals surface area (Å²) in [5.74, 6) is 1.12. The lowest BCUT2D eigenvalue weighted by atomic mass is 9.82. The Morgan fingerprint density at radius 2 is 1.29 bits per heavy atom. The van der Waals surface area contributed by atoms with Crippen molar-refractivity contribution in [3.8, 4) is 12.3 Å². The van der Waals surface area contributed by atoms with Crippen LogP contribution in [0.3, 0.4) is 0 Å². The summed E-state index contributed by atoms with van der Waals surface area (Å²) in [7, 11) is 0. The number of carbonyl (C=O) groups excluding carboxylic acids is 2. The van der Waals surface area contributed by atoms with Gasteiger partial charge in [-0.2, -0.15) is 0 Å². The Morgan fingerprint density at radius 1 is 0.886 bits per heavy atom. The predicted octanol–water partition coefficient (Wildman–Crippen LogP) is 4.88. The molecule has 0 aliphatic rings. The van der Waals surface area contributed by atoms with Gasteiger partial charge in [0, 0.05) is 30.7 Å². The van der Waals surface area contributed by atoms with Crippen molar-refractivity contribution in [1.29, 1.82) is 0 Å². The number of hydrogen-bond acceptors (Lipinski definition) is 8. The molecule has 0 atom stereocenters. The molecule has 0 N–H and O–H groups in total. The number of non-ortho nitro benzene ring substituents is 2. The van der Waals surface area contributed by atoms with Crippen molar-refractivity contribution in [2.24, 2.45) is 5.41 Å². The third-order valence-electron chi connectivity index (χ3n) is 5.07. The number of ether oxygens (including phenoxy) is 2. The van der Waals surface area contributed by atoms with Crippen molar-refractivity contribution in [1.82, 2.24) is 0 Å². The molecule has 0 fully saturated rings. The van der Waals surface area contributed by atoms with E-state index in [1.165, 1.54) is 48.5 Å². The maximum atomic E-state index is 12.5. The van der Waals surface area contributed by atoms with E-state index >= 15 is 0 Å². The third-order valence-corrected chi connectivity index (χ3v) is 5.07. The van der Waals surface area contributed by atoms with Crippen LogP contribution in [-0.4, -0.2) is 35.0 Å². The van der Waals surface area contributed by atoms with Gasteiger partial charge in [0.25, 0.3) is 11.4 Å². The zero-order valence-corrected chi connectivity index (χ0v) is 19.3. The van der Waals surface area contributed by atoms with Gasteiger partial charge in [-0.3, -0.25) is 20.2 Å². The molecule has 2 aromatic carbocycles. The number of hydrogen-bond donors (Lipinski definition) is 0. The average molecular weight is 480 g/mol. The highest BCUT2D eigenvalue weighted by Gasteiger charge is 2.33. The first kappa shape index (κ1) is 26.7. The molecule has 0 bridgehead atoms. The number of nitro groups is 2. The van der Waals surface area contributed by atoms with Gasteiger partial charge in [-0.05, 0) is 44.5 Å². The van der Waals surface area contributed by atoms with E-state index in [0.717, 1.165) is 5.57 Å². The molecule has 0 amide bonds. The van der Waals surface area contributed by atoms with Gasteiger partial charge in [0.05, 0.1) is 26.4 Å². The molecular formula is C25H24N2O8. The van der Waals surface area contributed by atoms with Crippen molar-refractivity contribution in [3.05, 3.63) is 91.5 Å². The second-order valence-corrected chi connectivity index (χ2v) is 8.13. The van der Waals surface area contributed by atoms with Gasteiger partial charge in [0.1, 0.15) is 13.2 Å². The highest BCUT2D eigenvalue weighted by Crippen LogP contribution is 2.30. The summed E-state index contributed by atoms with van der Waals surface area (Å²) in [6.45, 7) is 3.41. The predicted molar refractivity (Wildman–Crippen MR) is 127 cm³/mol. The zero-order chi connectivity index (χ0) is 26.0. The van der Waals surface area contributed by atoms with Crippen molar-refractivity contribution in [2.45, 2.75) is 26.7 Å². The molecule has 182 valence electrons. The number of benzene rings is 2. The fourth-order valence-corrected chi connectivity index (χ4v) is 3.01. The highest BCUT2D eigenvalue weighted by molar-refractivity contribution is 5.90. The van der Waals surface area contributed by atoms with Gasteiger partial charge in [0.2, 0.25) is 0 Å². The van der Waals surface area contributed by atoms with Gasteiger partial charge in [-0.15, -0.1) is 12.3 Å². The smallest absolute Gasteiger partial charge is 0.338 e. The van der Waals surface area contributed by atoms with Crippen LogP contribution in [0.2, 0.25) is 0 Å². The van der Waals surface area contributed by atoms with Crippen molar-refractivity contribution in [2.75, 3.05) is 13.2 Å². The molecule has 35 heavy (non-hydrogen) atoms. The summed E-state index contributed by atoms with van der Waals surface area (Å²) in [4.78, 5) is 45.5. The summed E-state index contributed by atoms with van der Waals surface area (Å²) in [5, 5.41) is 21.6. The van der Waals surface area contributed by atoms with E-state index < -0.39 is 27.2 Å². The Kier molecular flexibility index (Phi) is 9.23. The molecule has 0 spiro atoms. The number of carbonyl (C=O) groups is 2. The van der Waals surface area contributed by atoms with Crippen LogP contribution in [0, 0.1) is 38.0 Å².